The summed E-state index contributed by atoms with van der Waals surface area (Å²) >= 11 is 0. The lowest BCUT2D eigenvalue weighted by atomic mass is 9.99. The lowest BCUT2D eigenvalue weighted by molar-refractivity contribution is -0.384. The first-order valence-electron chi connectivity index (χ1n) is 13.1. The van der Waals surface area contributed by atoms with Gasteiger partial charge in [0.25, 0.3) is 11.6 Å². The van der Waals surface area contributed by atoms with Crippen LogP contribution in [0.25, 0.3) is 22.6 Å². The molecule has 3 aromatic carbocycles. The topological polar surface area (TPSA) is 130 Å². The Bertz CT molecular complexity index is 1450. The van der Waals surface area contributed by atoms with Crippen molar-refractivity contribution in [2.75, 3.05) is 10.6 Å². The number of nitro benzene ring substituents is 1. The smallest absolute Gasteiger partial charge is 0.269 e. The van der Waals surface area contributed by atoms with Crippen molar-refractivity contribution in [3.63, 3.8) is 0 Å². The Kier molecular flexibility index (Phi) is 7.77. The Morgan fingerprint density at radius 2 is 1.38 bits per heavy atom. The van der Waals surface area contributed by atoms with Crippen molar-refractivity contribution in [1.82, 2.24) is 9.97 Å². The number of nitro groups is 1. The van der Waals surface area contributed by atoms with Gasteiger partial charge in [0.2, 0.25) is 5.91 Å². The van der Waals surface area contributed by atoms with E-state index in [0.29, 0.717) is 17.1 Å². The molecule has 39 heavy (non-hydrogen) atoms. The number of non-ortho nitro benzene ring substituents is 1. The molecule has 1 heterocycles. The zero-order valence-corrected chi connectivity index (χ0v) is 21.4. The Morgan fingerprint density at radius 1 is 0.795 bits per heavy atom. The van der Waals surface area contributed by atoms with Gasteiger partial charge in [-0.2, -0.15) is 0 Å². The molecule has 0 atom stereocenters. The first kappa shape index (κ1) is 25.8. The molecule has 3 N–H and O–H groups in total. The zero-order chi connectivity index (χ0) is 27.2. The summed E-state index contributed by atoms with van der Waals surface area (Å²) in [5.74, 6) is 0.543. The van der Waals surface area contributed by atoms with E-state index in [1.54, 1.807) is 18.3 Å². The predicted molar refractivity (Wildman–Crippen MR) is 150 cm³/mol. The molecule has 1 aliphatic rings. The summed E-state index contributed by atoms with van der Waals surface area (Å²) in [7, 11) is 0. The molecule has 0 saturated heterocycles. The Balaban J connectivity index is 1.19. The molecule has 0 bridgehead atoms. The molecule has 1 aromatic heterocycles. The van der Waals surface area contributed by atoms with E-state index >= 15 is 0 Å². The van der Waals surface area contributed by atoms with Crippen LogP contribution in [0.3, 0.4) is 0 Å². The van der Waals surface area contributed by atoms with Crippen molar-refractivity contribution < 1.29 is 14.5 Å². The number of anilines is 2. The molecule has 0 radical (unpaired) electrons. The molecule has 1 fully saturated rings. The van der Waals surface area contributed by atoms with Gasteiger partial charge in [-0.3, -0.25) is 19.7 Å². The molecule has 9 heteroatoms. The number of nitrogens with zero attached hydrogens (tertiary/aromatic N) is 2. The minimum absolute atomic E-state index is 0.0681. The van der Waals surface area contributed by atoms with Crippen molar-refractivity contribution in [3.8, 4) is 22.6 Å². The Hall–Kier alpha value is -4.79. The van der Waals surface area contributed by atoms with Gasteiger partial charge in [0.15, 0.2) is 0 Å². The van der Waals surface area contributed by atoms with Gasteiger partial charge in [-0.05, 0) is 66.9 Å². The first-order chi connectivity index (χ1) is 19.0. The van der Waals surface area contributed by atoms with E-state index in [4.69, 9.17) is 0 Å². The van der Waals surface area contributed by atoms with Crippen LogP contribution in [0.4, 0.5) is 17.1 Å². The van der Waals surface area contributed by atoms with Gasteiger partial charge in [0.1, 0.15) is 5.82 Å². The number of H-pyrrole nitrogens is 1. The van der Waals surface area contributed by atoms with E-state index in [1.807, 2.05) is 36.4 Å². The number of imidazole rings is 1. The molecular formula is C30H29N5O4. The number of aromatic amines is 1. The van der Waals surface area contributed by atoms with Gasteiger partial charge in [0, 0.05) is 40.6 Å². The van der Waals surface area contributed by atoms with E-state index < -0.39 is 4.92 Å². The van der Waals surface area contributed by atoms with Crippen LogP contribution in [0.15, 0.2) is 79.0 Å². The van der Waals surface area contributed by atoms with Crippen LogP contribution >= 0.6 is 0 Å². The number of amides is 2. The number of hydrogen-bond donors (Lipinski definition) is 3. The first-order valence-corrected chi connectivity index (χ1v) is 13.1. The van der Waals surface area contributed by atoms with Crippen molar-refractivity contribution in [3.05, 3.63) is 94.7 Å². The third-order valence-electron chi connectivity index (χ3n) is 7.02. The predicted octanol–water partition coefficient (Wildman–Crippen LogP) is 6.81. The van der Waals surface area contributed by atoms with Crippen LogP contribution in [-0.4, -0.2) is 26.7 Å². The summed E-state index contributed by atoms with van der Waals surface area (Å²) in [5, 5.41) is 16.6. The van der Waals surface area contributed by atoms with E-state index in [2.05, 4.69) is 20.6 Å². The highest BCUT2D eigenvalue weighted by molar-refractivity contribution is 6.04. The fourth-order valence-corrected chi connectivity index (χ4v) is 4.78. The van der Waals surface area contributed by atoms with Crippen molar-refractivity contribution >= 4 is 28.9 Å². The summed E-state index contributed by atoms with van der Waals surface area (Å²) in [6, 6.07) is 20.4. The summed E-state index contributed by atoms with van der Waals surface area (Å²) in [4.78, 5) is 43.2. The van der Waals surface area contributed by atoms with Crippen molar-refractivity contribution in [2.45, 2.75) is 38.5 Å². The number of hydrogen-bond acceptors (Lipinski definition) is 5. The van der Waals surface area contributed by atoms with E-state index in [0.717, 1.165) is 48.2 Å². The van der Waals surface area contributed by atoms with Gasteiger partial charge in [-0.1, -0.05) is 37.8 Å². The van der Waals surface area contributed by atoms with Crippen LogP contribution in [0, 0.1) is 16.0 Å². The second-order valence-electron chi connectivity index (χ2n) is 9.74. The Morgan fingerprint density at radius 3 is 2.00 bits per heavy atom. The van der Waals surface area contributed by atoms with Gasteiger partial charge < -0.3 is 15.6 Å². The maximum atomic E-state index is 12.7. The third-order valence-corrected chi connectivity index (χ3v) is 7.02. The van der Waals surface area contributed by atoms with E-state index in [9.17, 15) is 19.7 Å². The fourth-order valence-electron chi connectivity index (χ4n) is 4.78. The van der Waals surface area contributed by atoms with Crippen molar-refractivity contribution in [2.24, 2.45) is 5.92 Å². The molecule has 0 unspecified atom stereocenters. The second kappa shape index (κ2) is 11.7. The molecule has 2 amide bonds. The van der Waals surface area contributed by atoms with Crippen LogP contribution in [-0.2, 0) is 4.79 Å². The van der Waals surface area contributed by atoms with Gasteiger partial charge >= 0.3 is 0 Å². The lowest BCUT2D eigenvalue weighted by Crippen LogP contribution is -2.22. The van der Waals surface area contributed by atoms with Crippen LogP contribution < -0.4 is 10.6 Å². The molecule has 5 rings (SSSR count). The summed E-state index contributed by atoms with van der Waals surface area (Å²) < 4.78 is 0. The monoisotopic (exact) mass is 523 g/mol. The Labute approximate surface area is 225 Å². The standard InChI is InChI=1S/C30H29N5O4/c36-29(22-5-3-1-2-4-6-22)32-24-13-7-20(8-14-24)27-19-31-28(34-27)21-9-15-25(16-10-21)33-30(37)23-11-17-26(18-12-23)35(38)39/h7-19,22H,1-6H2,(H,31,34)(H,32,36)(H,33,37). The lowest BCUT2D eigenvalue weighted by Gasteiger charge is -2.14. The molecule has 9 nitrogen and oxygen atoms in total. The van der Waals surface area contributed by atoms with Gasteiger partial charge in [-0.15, -0.1) is 0 Å². The normalized spacial score (nSPS) is 13.8. The average molecular weight is 524 g/mol. The molecule has 0 aliphatic heterocycles. The number of rotatable bonds is 7. The number of aromatic nitrogens is 2. The van der Waals surface area contributed by atoms with Gasteiger partial charge in [-0.25, -0.2) is 4.98 Å². The quantitative estimate of drug-likeness (QED) is 0.139. The van der Waals surface area contributed by atoms with E-state index in [1.165, 1.54) is 37.1 Å². The summed E-state index contributed by atoms with van der Waals surface area (Å²) in [6.07, 6.45) is 8.38. The largest absolute Gasteiger partial charge is 0.338 e. The van der Waals surface area contributed by atoms with Crippen LogP contribution in [0.1, 0.15) is 48.9 Å². The highest BCUT2D eigenvalue weighted by Gasteiger charge is 2.20. The second-order valence-corrected chi connectivity index (χ2v) is 9.74. The third kappa shape index (κ3) is 6.38. The molecule has 0 spiro atoms. The number of carbonyl (C=O) groups is 2. The van der Waals surface area contributed by atoms with Gasteiger partial charge in [0.05, 0.1) is 16.8 Å². The van der Waals surface area contributed by atoms with E-state index in [-0.39, 0.29) is 23.4 Å². The summed E-state index contributed by atoms with van der Waals surface area (Å²) in [6.45, 7) is 0. The number of benzene rings is 3. The zero-order valence-electron chi connectivity index (χ0n) is 21.4. The maximum absolute atomic E-state index is 12.7. The van der Waals surface area contributed by atoms with Crippen molar-refractivity contribution in [1.29, 1.82) is 0 Å². The average Bonchev–Trinajstić information content (AvgIpc) is 3.28. The molecule has 1 aliphatic carbocycles. The van der Waals surface area contributed by atoms with Crippen LogP contribution in [0.2, 0.25) is 0 Å². The summed E-state index contributed by atoms with van der Waals surface area (Å²) in [5.41, 5.74) is 4.29. The molecule has 4 aromatic rings. The molecule has 1 saturated carbocycles. The minimum atomic E-state index is -0.505. The number of carbonyl (C=O) groups excluding carboxylic acids is 2. The fraction of sp³-hybridized carbons (Fsp3) is 0.233. The highest BCUT2D eigenvalue weighted by Crippen LogP contribution is 2.27. The molecular weight excluding hydrogens is 494 g/mol. The maximum Gasteiger partial charge on any atom is 0.269 e. The molecule has 198 valence electrons. The number of nitrogens with one attached hydrogen (secondary N) is 3. The highest BCUT2D eigenvalue weighted by atomic mass is 16.6. The van der Waals surface area contributed by atoms with Crippen LogP contribution in [0.5, 0.6) is 0 Å². The SMILES string of the molecule is O=C(Nc1ccc(-c2ncc(-c3ccc(NC(=O)C4CCCCCC4)cc3)[nH]2)cc1)c1ccc([N+](=O)[O-])cc1. The minimum Gasteiger partial charge on any atom is -0.338 e.